The van der Waals surface area contributed by atoms with Gasteiger partial charge in [0, 0.05) is 24.2 Å². The maximum atomic E-state index is 12.1. The first-order chi connectivity index (χ1) is 12.1. The molecular weight excluding hydrogens is 410 g/mol. The van der Waals surface area contributed by atoms with E-state index in [1.54, 1.807) is 4.68 Å². The van der Waals surface area contributed by atoms with Crippen molar-refractivity contribution < 1.29 is 14.6 Å². The molecule has 1 heterocycles. The fourth-order valence-electron chi connectivity index (χ4n) is 2.46. The topological polar surface area (TPSA) is 133 Å². The molecule has 138 valence electrons. The van der Waals surface area contributed by atoms with Gasteiger partial charge in [-0.25, -0.2) is 0 Å². The minimum atomic E-state index is -0.717. The monoisotopic (exact) mass is 425 g/mol. The van der Waals surface area contributed by atoms with Crippen LogP contribution in [0, 0.1) is 41.0 Å². The van der Waals surface area contributed by atoms with Crippen LogP contribution in [0.15, 0.2) is 16.6 Å². The van der Waals surface area contributed by atoms with E-state index < -0.39 is 27.1 Å². The van der Waals surface area contributed by atoms with Crippen molar-refractivity contribution in [2.45, 2.75) is 33.7 Å². The molecule has 0 atom stereocenters. The highest BCUT2D eigenvalue weighted by atomic mass is 79.9. The lowest BCUT2D eigenvalue weighted by molar-refractivity contribution is -0.395. The number of hydrogen-bond donors (Lipinski definition) is 1. The largest absolute Gasteiger partial charge is 0.326 e. The van der Waals surface area contributed by atoms with Gasteiger partial charge in [0.25, 0.3) is 11.4 Å². The average molecular weight is 426 g/mol. The Morgan fingerprint density at radius 2 is 1.73 bits per heavy atom. The summed E-state index contributed by atoms with van der Waals surface area (Å²) in [5.74, 6) is -0.430. The Bertz CT molecular complexity index is 873. The van der Waals surface area contributed by atoms with E-state index in [-0.39, 0.29) is 17.7 Å². The van der Waals surface area contributed by atoms with Crippen molar-refractivity contribution in [1.82, 2.24) is 9.78 Å². The molecule has 1 aromatic heterocycles. The molecule has 1 N–H and O–H groups in total. The number of amides is 1. The number of nitrogens with one attached hydrogen (secondary N) is 1. The Balaban J connectivity index is 2.16. The summed E-state index contributed by atoms with van der Waals surface area (Å²) >= 11 is 3.40. The van der Waals surface area contributed by atoms with E-state index in [0.717, 1.165) is 28.0 Å². The van der Waals surface area contributed by atoms with Gasteiger partial charge in [0.2, 0.25) is 5.91 Å². The van der Waals surface area contributed by atoms with Crippen molar-refractivity contribution in [3.05, 3.63) is 53.8 Å². The van der Waals surface area contributed by atoms with Crippen LogP contribution < -0.4 is 5.32 Å². The Labute approximate surface area is 156 Å². The van der Waals surface area contributed by atoms with E-state index in [1.807, 2.05) is 13.8 Å². The van der Waals surface area contributed by atoms with E-state index in [0.29, 0.717) is 6.54 Å². The number of nitro groups is 2. The fourth-order valence-corrected chi connectivity index (χ4v) is 2.74. The molecule has 2 rings (SSSR count). The highest BCUT2D eigenvalue weighted by Crippen LogP contribution is 2.31. The summed E-state index contributed by atoms with van der Waals surface area (Å²) in [4.78, 5) is 32.8. The highest BCUT2D eigenvalue weighted by molar-refractivity contribution is 9.10. The maximum Gasteiger partial charge on any atom is 0.281 e. The van der Waals surface area contributed by atoms with Crippen LogP contribution in [-0.4, -0.2) is 25.5 Å². The molecule has 26 heavy (non-hydrogen) atoms. The minimum absolute atomic E-state index is 0.00792. The molecule has 1 aromatic carbocycles. The lowest BCUT2D eigenvalue weighted by Crippen LogP contribution is -2.16. The molecule has 10 nitrogen and oxygen atoms in total. The minimum Gasteiger partial charge on any atom is -0.326 e. The Morgan fingerprint density at radius 1 is 1.19 bits per heavy atom. The van der Waals surface area contributed by atoms with Gasteiger partial charge in [-0.05, 0) is 36.7 Å². The number of carbonyl (C=O) groups excluding carboxylic acids is 1. The van der Waals surface area contributed by atoms with E-state index in [4.69, 9.17) is 0 Å². The maximum absolute atomic E-state index is 12.1. The van der Waals surface area contributed by atoms with E-state index >= 15 is 0 Å². The zero-order chi connectivity index (χ0) is 19.6. The standard InChI is InChI=1S/C15H16BrN5O5/c1-8-12(20(23)24)6-11(7-13(8)21(25)26)17-14(22)4-5-19-10(3)15(16)9(2)18-19/h6-7H,4-5H2,1-3H3,(H,17,22). The summed E-state index contributed by atoms with van der Waals surface area (Å²) in [6.07, 6.45) is 0.0594. The van der Waals surface area contributed by atoms with E-state index in [9.17, 15) is 25.0 Å². The molecule has 0 saturated carbocycles. The second-order valence-corrected chi connectivity index (χ2v) is 6.45. The summed E-state index contributed by atoms with van der Waals surface area (Å²) in [7, 11) is 0. The van der Waals surface area contributed by atoms with Gasteiger partial charge in [-0.1, -0.05) is 0 Å². The molecule has 0 radical (unpaired) electrons. The number of aromatic nitrogens is 2. The average Bonchev–Trinajstić information content (AvgIpc) is 2.81. The second kappa shape index (κ2) is 7.60. The van der Waals surface area contributed by atoms with Crippen molar-refractivity contribution in [2.75, 3.05) is 5.32 Å². The normalized spacial score (nSPS) is 10.6. The molecule has 0 aliphatic carbocycles. The summed E-state index contributed by atoms with van der Waals surface area (Å²) < 4.78 is 2.53. The Morgan fingerprint density at radius 3 is 2.15 bits per heavy atom. The second-order valence-electron chi connectivity index (χ2n) is 5.66. The zero-order valence-corrected chi connectivity index (χ0v) is 15.9. The first-order valence-corrected chi connectivity index (χ1v) is 8.34. The van der Waals surface area contributed by atoms with Crippen LogP contribution in [0.4, 0.5) is 17.1 Å². The van der Waals surface area contributed by atoms with Crippen LogP contribution in [-0.2, 0) is 11.3 Å². The lowest BCUT2D eigenvalue weighted by Gasteiger charge is -2.08. The van der Waals surface area contributed by atoms with Crippen LogP contribution >= 0.6 is 15.9 Å². The van der Waals surface area contributed by atoms with Gasteiger partial charge >= 0.3 is 0 Å². The van der Waals surface area contributed by atoms with Crippen LogP contribution in [0.1, 0.15) is 23.4 Å². The van der Waals surface area contributed by atoms with Gasteiger partial charge in [0.15, 0.2) is 0 Å². The Hall–Kier alpha value is -2.82. The first kappa shape index (κ1) is 19.5. The number of aryl methyl sites for hydroxylation is 2. The van der Waals surface area contributed by atoms with Crippen molar-refractivity contribution in [2.24, 2.45) is 0 Å². The number of halogens is 1. The predicted octanol–water partition coefficient (Wildman–Crippen LogP) is 3.42. The number of carbonyl (C=O) groups is 1. The lowest BCUT2D eigenvalue weighted by atomic mass is 10.1. The molecule has 0 aliphatic rings. The SMILES string of the molecule is Cc1nn(CCC(=O)Nc2cc([N+](=O)[O-])c(C)c([N+](=O)[O-])c2)c(C)c1Br. The van der Waals surface area contributed by atoms with Gasteiger partial charge in [-0.2, -0.15) is 5.10 Å². The molecule has 11 heteroatoms. The Kier molecular flexibility index (Phi) is 5.70. The number of benzene rings is 1. The van der Waals surface area contributed by atoms with Crippen LogP contribution in [0.25, 0.3) is 0 Å². The van der Waals surface area contributed by atoms with Crippen LogP contribution in [0.5, 0.6) is 0 Å². The van der Waals surface area contributed by atoms with Gasteiger partial charge < -0.3 is 5.32 Å². The fraction of sp³-hybridized carbons (Fsp3) is 0.333. The summed E-state index contributed by atoms with van der Waals surface area (Å²) in [6.45, 7) is 5.29. The smallest absolute Gasteiger partial charge is 0.281 e. The summed E-state index contributed by atoms with van der Waals surface area (Å²) in [5, 5.41) is 28.9. The third kappa shape index (κ3) is 4.04. The molecule has 0 spiro atoms. The molecular formula is C15H16BrN5O5. The number of nitro benzene ring substituents is 2. The number of anilines is 1. The molecule has 0 saturated heterocycles. The van der Waals surface area contributed by atoms with Crippen LogP contribution in [0.2, 0.25) is 0 Å². The molecule has 0 aliphatic heterocycles. The zero-order valence-electron chi connectivity index (χ0n) is 14.3. The van der Waals surface area contributed by atoms with Crippen LogP contribution in [0.3, 0.4) is 0 Å². The summed E-state index contributed by atoms with van der Waals surface area (Å²) in [5.41, 5.74) is 0.776. The number of rotatable bonds is 6. The van der Waals surface area contributed by atoms with Crippen molar-refractivity contribution in [3.8, 4) is 0 Å². The van der Waals surface area contributed by atoms with Gasteiger partial charge in [0.05, 0.1) is 32.2 Å². The third-order valence-corrected chi connectivity index (χ3v) is 5.02. The highest BCUT2D eigenvalue weighted by Gasteiger charge is 2.23. The molecule has 0 fully saturated rings. The predicted molar refractivity (Wildman–Crippen MR) is 97.1 cm³/mol. The number of hydrogen-bond acceptors (Lipinski definition) is 6. The molecule has 1 amide bonds. The molecule has 0 unspecified atom stereocenters. The van der Waals surface area contributed by atoms with Crippen molar-refractivity contribution in [1.29, 1.82) is 0 Å². The van der Waals surface area contributed by atoms with Gasteiger partial charge in [-0.15, -0.1) is 0 Å². The third-order valence-electron chi connectivity index (χ3n) is 3.87. The molecule has 2 aromatic rings. The quantitative estimate of drug-likeness (QED) is 0.556. The van der Waals surface area contributed by atoms with E-state index in [2.05, 4.69) is 26.3 Å². The summed E-state index contributed by atoms with van der Waals surface area (Å²) in [6, 6.07) is 2.22. The van der Waals surface area contributed by atoms with E-state index in [1.165, 1.54) is 6.92 Å². The van der Waals surface area contributed by atoms with Crippen molar-refractivity contribution in [3.63, 3.8) is 0 Å². The number of nitrogens with zero attached hydrogens (tertiary/aromatic N) is 4. The van der Waals surface area contributed by atoms with Gasteiger partial charge in [0.1, 0.15) is 5.56 Å². The first-order valence-electron chi connectivity index (χ1n) is 7.54. The van der Waals surface area contributed by atoms with Gasteiger partial charge in [-0.3, -0.25) is 29.7 Å². The van der Waals surface area contributed by atoms with Crippen molar-refractivity contribution >= 4 is 38.9 Å². The molecule has 0 bridgehead atoms.